The Bertz CT molecular complexity index is 1020. The lowest BCUT2D eigenvalue weighted by molar-refractivity contribution is -0.117. The molecular weight excluding hydrogens is 351 g/mol. The van der Waals surface area contributed by atoms with Gasteiger partial charge in [-0.25, -0.2) is 4.39 Å². The average molecular weight is 368 g/mol. The molecule has 4 rings (SSSR count). The van der Waals surface area contributed by atoms with Gasteiger partial charge in [0, 0.05) is 27.4 Å². The van der Waals surface area contributed by atoms with Crippen LogP contribution in [0.4, 0.5) is 15.8 Å². The predicted molar refractivity (Wildman–Crippen MR) is 102 cm³/mol. The van der Waals surface area contributed by atoms with Crippen LogP contribution in [-0.2, 0) is 4.79 Å². The van der Waals surface area contributed by atoms with Crippen molar-refractivity contribution in [1.82, 2.24) is 0 Å². The van der Waals surface area contributed by atoms with Crippen molar-refractivity contribution in [2.75, 3.05) is 10.6 Å². The van der Waals surface area contributed by atoms with Gasteiger partial charge in [-0.2, -0.15) is 0 Å². The molecule has 6 heteroatoms. The molecule has 0 aliphatic heterocycles. The molecule has 0 bridgehead atoms. The van der Waals surface area contributed by atoms with Crippen molar-refractivity contribution in [1.29, 1.82) is 0 Å². The number of amides is 2. The second kappa shape index (κ2) is 6.53. The summed E-state index contributed by atoms with van der Waals surface area (Å²) in [5.41, 5.74) is 1.87. The third-order valence-corrected chi connectivity index (χ3v) is 5.70. The van der Waals surface area contributed by atoms with Crippen LogP contribution in [0.15, 0.2) is 42.5 Å². The number of carbonyl (C=O) groups excluding carboxylic acids is 2. The number of hydrogen-bond donors (Lipinski definition) is 2. The number of halogens is 1. The van der Waals surface area contributed by atoms with Gasteiger partial charge in [0.25, 0.3) is 5.91 Å². The predicted octanol–water partition coefficient (Wildman–Crippen LogP) is 4.95. The van der Waals surface area contributed by atoms with Gasteiger partial charge < -0.3 is 10.6 Å². The van der Waals surface area contributed by atoms with Gasteiger partial charge in [-0.3, -0.25) is 9.59 Å². The topological polar surface area (TPSA) is 58.2 Å². The Hall–Kier alpha value is -2.73. The second-order valence-electron chi connectivity index (χ2n) is 6.47. The number of fused-ring (bicyclic) bond motifs is 1. The Morgan fingerprint density at radius 2 is 1.77 bits per heavy atom. The molecule has 2 aromatic carbocycles. The fourth-order valence-corrected chi connectivity index (χ4v) is 4.04. The molecule has 0 unspecified atom stereocenters. The molecule has 0 saturated heterocycles. The van der Waals surface area contributed by atoms with E-state index in [1.165, 1.54) is 17.4 Å². The first-order valence-corrected chi connectivity index (χ1v) is 9.24. The highest BCUT2D eigenvalue weighted by Gasteiger charge is 2.29. The van der Waals surface area contributed by atoms with Crippen LogP contribution in [0.3, 0.4) is 0 Å². The Morgan fingerprint density at radius 3 is 2.46 bits per heavy atom. The largest absolute Gasteiger partial charge is 0.326 e. The molecule has 0 radical (unpaired) electrons. The smallest absolute Gasteiger partial charge is 0.266 e. The Labute approximate surface area is 154 Å². The summed E-state index contributed by atoms with van der Waals surface area (Å²) in [6, 6.07) is 11.9. The SMILES string of the molecule is Cc1c(C(=O)Nc2cccc(NC(=O)C3CC3)c2)sc2cccc(F)c12. The van der Waals surface area contributed by atoms with Crippen molar-refractivity contribution < 1.29 is 14.0 Å². The van der Waals surface area contributed by atoms with Crippen LogP contribution >= 0.6 is 11.3 Å². The number of hydrogen-bond acceptors (Lipinski definition) is 3. The maximum atomic E-state index is 14.0. The summed E-state index contributed by atoms with van der Waals surface area (Å²) in [7, 11) is 0. The van der Waals surface area contributed by atoms with Gasteiger partial charge in [-0.15, -0.1) is 11.3 Å². The molecule has 1 heterocycles. The van der Waals surface area contributed by atoms with Crippen LogP contribution in [0, 0.1) is 18.7 Å². The molecule has 132 valence electrons. The summed E-state index contributed by atoms with van der Waals surface area (Å²) >= 11 is 1.27. The van der Waals surface area contributed by atoms with Crippen LogP contribution in [-0.4, -0.2) is 11.8 Å². The molecule has 0 atom stereocenters. The lowest BCUT2D eigenvalue weighted by Gasteiger charge is -2.08. The first-order valence-electron chi connectivity index (χ1n) is 8.43. The number of nitrogens with one attached hydrogen (secondary N) is 2. The van der Waals surface area contributed by atoms with E-state index in [0.717, 1.165) is 17.5 Å². The number of carbonyl (C=O) groups is 2. The summed E-state index contributed by atoms with van der Waals surface area (Å²) in [5.74, 6) is -0.470. The Morgan fingerprint density at radius 1 is 1.08 bits per heavy atom. The maximum Gasteiger partial charge on any atom is 0.266 e. The summed E-state index contributed by atoms with van der Waals surface area (Å²) < 4.78 is 14.8. The normalized spacial score (nSPS) is 13.6. The third kappa shape index (κ3) is 3.20. The van der Waals surface area contributed by atoms with Gasteiger partial charge in [0.1, 0.15) is 5.82 Å². The van der Waals surface area contributed by atoms with E-state index in [1.54, 1.807) is 43.3 Å². The van der Waals surface area contributed by atoms with E-state index >= 15 is 0 Å². The number of anilines is 2. The van der Waals surface area contributed by atoms with Crippen molar-refractivity contribution in [2.24, 2.45) is 5.92 Å². The molecule has 26 heavy (non-hydrogen) atoms. The van der Waals surface area contributed by atoms with Gasteiger partial charge in [-0.1, -0.05) is 12.1 Å². The number of benzene rings is 2. The maximum absolute atomic E-state index is 14.0. The number of rotatable bonds is 4. The number of thiophene rings is 1. The van der Waals surface area contributed by atoms with E-state index in [-0.39, 0.29) is 23.5 Å². The van der Waals surface area contributed by atoms with E-state index in [0.29, 0.717) is 27.2 Å². The van der Waals surface area contributed by atoms with Crippen LogP contribution in [0.1, 0.15) is 28.1 Å². The molecule has 1 aliphatic carbocycles. The van der Waals surface area contributed by atoms with Crippen LogP contribution in [0.5, 0.6) is 0 Å². The molecule has 2 amide bonds. The monoisotopic (exact) mass is 368 g/mol. The fraction of sp³-hybridized carbons (Fsp3) is 0.200. The van der Waals surface area contributed by atoms with E-state index in [1.807, 2.05) is 0 Å². The van der Waals surface area contributed by atoms with E-state index in [9.17, 15) is 14.0 Å². The van der Waals surface area contributed by atoms with E-state index in [2.05, 4.69) is 10.6 Å². The van der Waals surface area contributed by atoms with Crippen LogP contribution in [0.2, 0.25) is 0 Å². The zero-order chi connectivity index (χ0) is 18.3. The number of aryl methyl sites for hydroxylation is 1. The Kier molecular flexibility index (Phi) is 4.20. The lowest BCUT2D eigenvalue weighted by atomic mass is 10.1. The van der Waals surface area contributed by atoms with Gasteiger partial charge in [0.2, 0.25) is 5.91 Å². The molecule has 1 saturated carbocycles. The summed E-state index contributed by atoms with van der Waals surface area (Å²) in [6.07, 6.45) is 1.87. The van der Waals surface area contributed by atoms with Crippen molar-refractivity contribution in [3.8, 4) is 0 Å². The minimum atomic E-state index is -0.319. The van der Waals surface area contributed by atoms with Gasteiger partial charge in [0.15, 0.2) is 0 Å². The van der Waals surface area contributed by atoms with Crippen LogP contribution < -0.4 is 10.6 Å². The summed E-state index contributed by atoms with van der Waals surface area (Å²) in [5, 5.41) is 6.19. The van der Waals surface area contributed by atoms with Gasteiger partial charge >= 0.3 is 0 Å². The molecule has 1 aliphatic rings. The van der Waals surface area contributed by atoms with Crippen molar-refractivity contribution >= 4 is 44.6 Å². The quantitative estimate of drug-likeness (QED) is 0.684. The highest BCUT2D eigenvalue weighted by atomic mass is 32.1. The average Bonchev–Trinajstić information content (AvgIpc) is 3.40. The standard InChI is InChI=1S/C20H17FN2O2S/c1-11-17-15(21)6-3-7-16(17)26-18(11)20(25)23-14-5-2-4-13(10-14)22-19(24)12-8-9-12/h2-7,10,12H,8-9H2,1H3,(H,22,24)(H,23,25). The molecule has 4 nitrogen and oxygen atoms in total. The molecule has 0 spiro atoms. The van der Waals surface area contributed by atoms with Crippen molar-refractivity contribution in [3.05, 3.63) is 58.7 Å². The Balaban J connectivity index is 1.56. The van der Waals surface area contributed by atoms with Crippen molar-refractivity contribution in [2.45, 2.75) is 19.8 Å². The first kappa shape index (κ1) is 16.7. The lowest BCUT2D eigenvalue weighted by Crippen LogP contribution is -2.14. The minimum Gasteiger partial charge on any atom is -0.326 e. The summed E-state index contributed by atoms with van der Waals surface area (Å²) in [6.45, 7) is 1.75. The highest BCUT2D eigenvalue weighted by molar-refractivity contribution is 7.21. The van der Waals surface area contributed by atoms with Gasteiger partial charge in [0.05, 0.1) is 4.88 Å². The molecular formula is C20H17FN2O2S. The molecule has 2 N–H and O–H groups in total. The van der Waals surface area contributed by atoms with Gasteiger partial charge in [-0.05, 0) is 55.7 Å². The highest BCUT2D eigenvalue weighted by Crippen LogP contribution is 2.33. The first-order chi connectivity index (χ1) is 12.5. The van der Waals surface area contributed by atoms with E-state index < -0.39 is 0 Å². The fourth-order valence-electron chi connectivity index (χ4n) is 2.92. The zero-order valence-corrected chi connectivity index (χ0v) is 15.0. The minimum absolute atomic E-state index is 0.0179. The van der Waals surface area contributed by atoms with Crippen molar-refractivity contribution in [3.63, 3.8) is 0 Å². The summed E-state index contributed by atoms with van der Waals surface area (Å²) in [4.78, 5) is 25.0. The molecule has 3 aromatic rings. The molecule has 1 aromatic heterocycles. The van der Waals surface area contributed by atoms with E-state index in [4.69, 9.17) is 0 Å². The van der Waals surface area contributed by atoms with Crippen LogP contribution in [0.25, 0.3) is 10.1 Å². The molecule has 1 fully saturated rings. The zero-order valence-electron chi connectivity index (χ0n) is 14.1. The second-order valence-corrected chi connectivity index (χ2v) is 7.52. The third-order valence-electron chi connectivity index (χ3n) is 4.45.